The molecule has 5 nitrogen and oxygen atoms in total. The Hall–Kier alpha value is -1.14. The summed E-state index contributed by atoms with van der Waals surface area (Å²) < 4.78 is 4.92. The van der Waals surface area contributed by atoms with E-state index >= 15 is 0 Å². The summed E-state index contributed by atoms with van der Waals surface area (Å²) in [5.74, 6) is -0.224. The Kier molecular flexibility index (Phi) is 6.95. The molecule has 20 heavy (non-hydrogen) atoms. The van der Waals surface area contributed by atoms with E-state index in [9.17, 15) is 4.79 Å². The third-order valence-electron chi connectivity index (χ3n) is 2.96. The van der Waals surface area contributed by atoms with Gasteiger partial charge in [0.1, 0.15) is 10.6 Å². The van der Waals surface area contributed by atoms with Crippen LogP contribution >= 0.6 is 11.8 Å². The van der Waals surface area contributed by atoms with Gasteiger partial charge in [0, 0.05) is 17.6 Å². The highest BCUT2D eigenvalue weighted by molar-refractivity contribution is 7.99. The molecule has 1 rings (SSSR count). The minimum absolute atomic E-state index is 0.222. The molecule has 0 bridgehead atoms. The first-order valence-electron chi connectivity index (χ1n) is 6.78. The number of carbonyl (C=O) groups is 1. The molecule has 6 heteroatoms. The van der Waals surface area contributed by atoms with Crippen LogP contribution in [-0.4, -0.2) is 40.4 Å². The molecule has 2 unspecified atom stereocenters. The number of rotatable bonds is 8. The first kappa shape index (κ1) is 16.9. The maximum atomic E-state index is 12.0. The topological polar surface area (TPSA) is 64.1 Å². The van der Waals surface area contributed by atoms with Gasteiger partial charge in [-0.2, -0.15) is 0 Å². The van der Waals surface area contributed by atoms with E-state index in [1.807, 2.05) is 6.92 Å². The minimum atomic E-state index is -0.667. The van der Waals surface area contributed by atoms with Crippen LogP contribution in [0.1, 0.15) is 33.6 Å². The molecule has 0 saturated carbocycles. The molecule has 1 aromatic heterocycles. The molecule has 0 amide bonds. The Morgan fingerprint density at radius 1 is 1.55 bits per heavy atom. The zero-order chi connectivity index (χ0) is 15.0. The average molecular weight is 297 g/mol. The second-order valence-electron chi connectivity index (χ2n) is 4.93. The lowest BCUT2D eigenvalue weighted by molar-refractivity contribution is -0.148. The van der Waals surface area contributed by atoms with E-state index in [1.165, 1.54) is 7.11 Å². The van der Waals surface area contributed by atoms with Crippen molar-refractivity contribution in [1.82, 2.24) is 15.3 Å². The van der Waals surface area contributed by atoms with E-state index in [0.29, 0.717) is 6.42 Å². The summed E-state index contributed by atoms with van der Waals surface area (Å²) >= 11 is 1.61. The van der Waals surface area contributed by atoms with Gasteiger partial charge >= 0.3 is 5.97 Å². The van der Waals surface area contributed by atoms with Crippen LogP contribution in [0.25, 0.3) is 0 Å². The first-order chi connectivity index (χ1) is 9.51. The number of methoxy groups -OCH3 is 1. The summed E-state index contributed by atoms with van der Waals surface area (Å²) in [7, 11) is 1.43. The normalized spacial score (nSPS) is 15.4. The predicted octanol–water partition coefficient (Wildman–Crippen LogP) is 2.28. The quantitative estimate of drug-likeness (QED) is 0.586. The molecular formula is C14H23N3O2S. The van der Waals surface area contributed by atoms with Gasteiger partial charge in [-0.1, -0.05) is 13.8 Å². The second kappa shape index (κ2) is 8.21. The van der Waals surface area contributed by atoms with Crippen LogP contribution in [0.4, 0.5) is 0 Å². The fourth-order valence-corrected chi connectivity index (χ4v) is 3.10. The summed E-state index contributed by atoms with van der Waals surface area (Å²) in [6.45, 7) is 6.83. The molecular weight excluding hydrogens is 274 g/mol. The Morgan fingerprint density at radius 3 is 2.85 bits per heavy atom. The molecule has 0 aromatic carbocycles. The van der Waals surface area contributed by atoms with Crippen LogP contribution in [0.2, 0.25) is 0 Å². The highest BCUT2D eigenvalue weighted by atomic mass is 32.2. The summed E-state index contributed by atoms with van der Waals surface area (Å²) in [5.41, 5.74) is -0.667. The van der Waals surface area contributed by atoms with Crippen molar-refractivity contribution < 1.29 is 9.53 Å². The van der Waals surface area contributed by atoms with Crippen molar-refractivity contribution in [3.8, 4) is 0 Å². The second-order valence-corrected chi connectivity index (χ2v) is 6.39. The van der Waals surface area contributed by atoms with Crippen molar-refractivity contribution in [3.05, 3.63) is 18.6 Å². The molecule has 0 radical (unpaired) electrons. The largest absolute Gasteiger partial charge is 0.468 e. The monoisotopic (exact) mass is 297 g/mol. The SMILES string of the molecule is CCCNC(C)(CC(C)Sc1cnccn1)C(=O)OC. The molecule has 0 aliphatic carbocycles. The lowest BCUT2D eigenvalue weighted by atomic mass is 9.96. The van der Waals surface area contributed by atoms with Crippen LogP contribution < -0.4 is 5.32 Å². The predicted molar refractivity (Wildman–Crippen MR) is 80.7 cm³/mol. The van der Waals surface area contributed by atoms with Gasteiger partial charge in [-0.05, 0) is 26.3 Å². The van der Waals surface area contributed by atoms with Crippen LogP contribution in [0.5, 0.6) is 0 Å². The summed E-state index contributed by atoms with van der Waals surface area (Å²) in [5, 5.41) is 4.38. The number of aromatic nitrogens is 2. The highest BCUT2D eigenvalue weighted by Crippen LogP contribution is 2.27. The Morgan fingerprint density at radius 2 is 2.30 bits per heavy atom. The first-order valence-corrected chi connectivity index (χ1v) is 7.66. The molecule has 0 spiro atoms. The van der Waals surface area contributed by atoms with Crippen LogP contribution in [0.15, 0.2) is 23.6 Å². The van der Waals surface area contributed by atoms with Crippen molar-refractivity contribution >= 4 is 17.7 Å². The fourth-order valence-electron chi connectivity index (χ4n) is 2.02. The Bertz CT molecular complexity index is 416. The number of ether oxygens (including phenoxy) is 1. The number of hydrogen-bond acceptors (Lipinski definition) is 6. The van der Waals surface area contributed by atoms with Crippen molar-refractivity contribution in [2.24, 2.45) is 0 Å². The van der Waals surface area contributed by atoms with Gasteiger partial charge in [-0.15, -0.1) is 11.8 Å². The lowest BCUT2D eigenvalue weighted by Crippen LogP contribution is -2.51. The van der Waals surface area contributed by atoms with Crippen LogP contribution in [-0.2, 0) is 9.53 Å². The molecule has 2 atom stereocenters. The smallest absolute Gasteiger partial charge is 0.325 e. The summed E-state index contributed by atoms with van der Waals surface area (Å²) in [6, 6.07) is 0. The number of nitrogens with zero attached hydrogens (tertiary/aromatic N) is 2. The third-order valence-corrected chi connectivity index (χ3v) is 3.98. The fraction of sp³-hybridized carbons (Fsp3) is 0.643. The lowest BCUT2D eigenvalue weighted by Gasteiger charge is -2.30. The van der Waals surface area contributed by atoms with E-state index in [4.69, 9.17) is 4.74 Å². The van der Waals surface area contributed by atoms with Gasteiger partial charge in [0.05, 0.1) is 13.3 Å². The van der Waals surface area contributed by atoms with Crippen molar-refractivity contribution in [2.75, 3.05) is 13.7 Å². The molecule has 0 aliphatic rings. The van der Waals surface area contributed by atoms with Crippen molar-refractivity contribution in [1.29, 1.82) is 0 Å². The number of carbonyl (C=O) groups excluding carboxylic acids is 1. The van der Waals surface area contributed by atoms with E-state index in [1.54, 1.807) is 30.4 Å². The van der Waals surface area contributed by atoms with Crippen molar-refractivity contribution in [2.45, 2.75) is 49.4 Å². The number of hydrogen-bond donors (Lipinski definition) is 1. The maximum absolute atomic E-state index is 12.0. The maximum Gasteiger partial charge on any atom is 0.325 e. The number of esters is 1. The van der Waals surface area contributed by atoms with Gasteiger partial charge in [0.25, 0.3) is 0 Å². The third kappa shape index (κ3) is 5.09. The summed E-state index contributed by atoms with van der Waals surface area (Å²) in [4.78, 5) is 20.3. The zero-order valence-corrected chi connectivity index (χ0v) is 13.4. The van der Waals surface area contributed by atoms with Gasteiger partial charge in [0.15, 0.2) is 0 Å². The summed E-state index contributed by atoms with van der Waals surface area (Å²) in [6.07, 6.45) is 6.69. The Labute approximate surface area is 124 Å². The molecule has 1 heterocycles. The van der Waals surface area contributed by atoms with E-state index in [-0.39, 0.29) is 11.2 Å². The van der Waals surface area contributed by atoms with Gasteiger partial charge in [-0.3, -0.25) is 9.78 Å². The minimum Gasteiger partial charge on any atom is -0.468 e. The van der Waals surface area contributed by atoms with Gasteiger partial charge in [0.2, 0.25) is 0 Å². The van der Waals surface area contributed by atoms with Crippen LogP contribution in [0, 0.1) is 0 Å². The molecule has 0 aliphatic heterocycles. The molecule has 1 N–H and O–H groups in total. The van der Waals surface area contributed by atoms with Crippen LogP contribution in [0.3, 0.4) is 0 Å². The molecule has 112 valence electrons. The van der Waals surface area contributed by atoms with Gasteiger partial charge < -0.3 is 10.1 Å². The van der Waals surface area contributed by atoms with Crippen molar-refractivity contribution in [3.63, 3.8) is 0 Å². The highest BCUT2D eigenvalue weighted by Gasteiger charge is 2.35. The number of thioether (sulfide) groups is 1. The van der Waals surface area contributed by atoms with E-state index in [2.05, 4.69) is 29.1 Å². The standard InChI is InChI=1S/C14H23N3O2S/c1-5-6-17-14(3,13(18)19-4)9-11(2)20-12-10-15-7-8-16-12/h7-8,10-11,17H,5-6,9H2,1-4H3. The zero-order valence-electron chi connectivity index (χ0n) is 12.5. The molecule has 0 fully saturated rings. The number of nitrogens with one attached hydrogen (secondary N) is 1. The molecule has 0 saturated heterocycles. The van der Waals surface area contributed by atoms with E-state index < -0.39 is 5.54 Å². The van der Waals surface area contributed by atoms with E-state index in [0.717, 1.165) is 18.0 Å². The average Bonchev–Trinajstić information content (AvgIpc) is 2.45. The van der Waals surface area contributed by atoms with Gasteiger partial charge in [-0.25, -0.2) is 4.98 Å². The Balaban J connectivity index is 2.66. The molecule has 1 aromatic rings.